The first-order chi connectivity index (χ1) is 11.6. The van der Waals surface area contributed by atoms with E-state index in [-0.39, 0.29) is 6.04 Å². The summed E-state index contributed by atoms with van der Waals surface area (Å²) in [4.78, 5) is 8.80. The average Bonchev–Trinajstić information content (AvgIpc) is 3.24. The van der Waals surface area contributed by atoms with Gasteiger partial charge in [-0.1, -0.05) is 12.1 Å². The zero-order valence-corrected chi connectivity index (χ0v) is 15.4. The van der Waals surface area contributed by atoms with Crippen molar-refractivity contribution in [3.05, 3.63) is 33.6 Å². The standard InChI is InChI=1S/C17H25FN4OS/c1-4-16-15(12(2)23-20-16)10-21(3)9-14-7-13(18)8-22(14)11-17-19-5-6-24-17/h5-6,13-14H,4,7-11H2,1-3H3/t13-,14-/m0/s1. The predicted octanol–water partition coefficient (Wildman–Crippen LogP) is 3.05. The van der Waals surface area contributed by atoms with Crippen LogP contribution in [0, 0.1) is 6.92 Å². The van der Waals surface area contributed by atoms with E-state index in [1.165, 1.54) is 5.56 Å². The first-order valence-electron chi connectivity index (χ1n) is 8.45. The van der Waals surface area contributed by atoms with Gasteiger partial charge in [0.15, 0.2) is 0 Å². The number of halogens is 1. The molecule has 1 fully saturated rings. The van der Waals surface area contributed by atoms with Crippen LogP contribution in [0.2, 0.25) is 0 Å². The Morgan fingerprint density at radius 3 is 3.04 bits per heavy atom. The third-order valence-corrected chi connectivity index (χ3v) is 5.41. The highest BCUT2D eigenvalue weighted by atomic mass is 32.1. The molecule has 132 valence electrons. The van der Waals surface area contributed by atoms with E-state index in [2.05, 4.69) is 33.9 Å². The summed E-state index contributed by atoms with van der Waals surface area (Å²) < 4.78 is 19.3. The Morgan fingerprint density at radius 2 is 2.33 bits per heavy atom. The second-order valence-corrected chi connectivity index (χ2v) is 7.54. The van der Waals surface area contributed by atoms with Crippen LogP contribution < -0.4 is 0 Å². The van der Waals surface area contributed by atoms with Gasteiger partial charge in [-0.25, -0.2) is 9.37 Å². The molecule has 2 aromatic heterocycles. The molecule has 1 saturated heterocycles. The van der Waals surface area contributed by atoms with Crippen LogP contribution in [0.5, 0.6) is 0 Å². The molecule has 0 bridgehead atoms. The molecule has 0 amide bonds. The van der Waals surface area contributed by atoms with Gasteiger partial charge in [0.25, 0.3) is 0 Å². The molecule has 0 radical (unpaired) electrons. The number of thiazole rings is 1. The summed E-state index contributed by atoms with van der Waals surface area (Å²) in [5.74, 6) is 0.883. The molecule has 0 N–H and O–H groups in total. The van der Waals surface area contributed by atoms with Crippen molar-refractivity contribution in [2.24, 2.45) is 0 Å². The number of alkyl halides is 1. The average molecular weight is 352 g/mol. The Morgan fingerprint density at radius 1 is 1.50 bits per heavy atom. The number of likely N-dealkylation sites (tertiary alicyclic amines) is 1. The zero-order valence-electron chi connectivity index (χ0n) is 14.5. The van der Waals surface area contributed by atoms with E-state index >= 15 is 0 Å². The highest BCUT2D eigenvalue weighted by Gasteiger charge is 2.33. The number of hydrogen-bond acceptors (Lipinski definition) is 6. The van der Waals surface area contributed by atoms with Crippen LogP contribution in [-0.4, -0.2) is 52.3 Å². The summed E-state index contributed by atoms with van der Waals surface area (Å²) in [6.45, 7) is 6.91. The number of aromatic nitrogens is 2. The molecule has 0 unspecified atom stereocenters. The number of rotatable bonds is 7. The van der Waals surface area contributed by atoms with Crippen LogP contribution >= 0.6 is 11.3 Å². The maximum absolute atomic E-state index is 14.0. The van der Waals surface area contributed by atoms with Gasteiger partial charge in [-0.3, -0.25) is 4.90 Å². The molecule has 0 spiro atoms. The van der Waals surface area contributed by atoms with E-state index in [9.17, 15) is 4.39 Å². The molecule has 3 rings (SSSR count). The minimum atomic E-state index is -0.744. The van der Waals surface area contributed by atoms with Gasteiger partial charge in [-0.15, -0.1) is 11.3 Å². The van der Waals surface area contributed by atoms with Crippen molar-refractivity contribution in [1.82, 2.24) is 19.9 Å². The fourth-order valence-corrected chi connectivity index (χ4v) is 4.06. The van der Waals surface area contributed by atoms with Crippen LogP contribution in [0.1, 0.15) is 35.4 Å². The topological polar surface area (TPSA) is 45.4 Å². The first-order valence-corrected chi connectivity index (χ1v) is 9.33. The Kier molecular flexibility index (Phi) is 5.63. The molecule has 24 heavy (non-hydrogen) atoms. The molecule has 1 aliphatic rings. The Hall–Kier alpha value is -1.31. The van der Waals surface area contributed by atoms with Crippen molar-refractivity contribution in [3.63, 3.8) is 0 Å². The van der Waals surface area contributed by atoms with E-state index in [0.717, 1.165) is 42.5 Å². The SMILES string of the molecule is CCc1noc(C)c1CN(C)C[C@@H]1C[C@H](F)CN1Cc1nccs1. The molecule has 0 aromatic carbocycles. The predicted molar refractivity (Wildman–Crippen MR) is 92.8 cm³/mol. The normalized spacial score (nSPS) is 21.9. The Bertz CT molecular complexity index is 645. The Balaban J connectivity index is 1.61. The van der Waals surface area contributed by atoms with Gasteiger partial charge < -0.3 is 9.42 Å². The fourth-order valence-electron chi connectivity index (χ4n) is 3.42. The van der Waals surface area contributed by atoms with Crippen LogP contribution in [0.3, 0.4) is 0 Å². The third-order valence-electron chi connectivity index (χ3n) is 4.65. The molecular weight excluding hydrogens is 327 g/mol. The molecular formula is C17H25FN4OS. The molecule has 3 heterocycles. The molecule has 5 nitrogen and oxygen atoms in total. The lowest BCUT2D eigenvalue weighted by Gasteiger charge is -2.27. The lowest BCUT2D eigenvalue weighted by Crippen LogP contribution is -2.38. The number of nitrogens with zero attached hydrogens (tertiary/aromatic N) is 4. The van der Waals surface area contributed by atoms with Crippen LogP contribution in [0.25, 0.3) is 0 Å². The quantitative estimate of drug-likeness (QED) is 0.766. The van der Waals surface area contributed by atoms with E-state index in [1.54, 1.807) is 11.3 Å². The summed E-state index contributed by atoms with van der Waals surface area (Å²) in [6, 6.07) is 0.221. The van der Waals surface area contributed by atoms with Crippen molar-refractivity contribution >= 4 is 11.3 Å². The van der Waals surface area contributed by atoms with E-state index in [4.69, 9.17) is 4.52 Å². The van der Waals surface area contributed by atoms with Gasteiger partial charge in [0.1, 0.15) is 16.9 Å². The summed E-state index contributed by atoms with van der Waals surface area (Å²) in [7, 11) is 2.08. The number of aryl methyl sites for hydroxylation is 2. The van der Waals surface area contributed by atoms with Crippen molar-refractivity contribution in [2.45, 2.75) is 52.0 Å². The molecule has 1 aliphatic heterocycles. The van der Waals surface area contributed by atoms with Gasteiger partial charge in [0.05, 0.1) is 12.2 Å². The van der Waals surface area contributed by atoms with E-state index in [0.29, 0.717) is 13.0 Å². The maximum Gasteiger partial charge on any atom is 0.138 e. The molecule has 0 saturated carbocycles. The lowest BCUT2D eigenvalue weighted by atomic mass is 10.1. The molecule has 2 atom stereocenters. The third kappa shape index (κ3) is 4.02. The van der Waals surface area contributed by atoms with Gasteiger partial charge in [-0.05, 0) is 26.8 Å². The lowest BCUT2D eigenvalue weighted by molar-refractivity contribution is 0.180. The highest BCUT2D eigenvalue weighted by molar-refractivity contribution is 7.09. The zero-order chi connectivity index (χ0) is 17.1. The minimum absolute atomic E-state index is 0.221. The first kappa shape index (κ1) is 17.5. The maximum atomic E-state index is 14.0. The highest BCUT2D eigenvalue weighted by Crippen LogP contribution is 2.25. The van der Waals surface area contributed by atoms with E-state index in [1.807, 2.05) is 18.5 Å². The van der Waals surface area contributed by atoms with Crippen LogP contribution in [0.15, 0.2) is 16.1 Å². The molecule has 2 aromatic rings. The van der Waals surface area contributed by atoms with Gasteiger partial charge in [0, 0.05) is 42.8 Å². The van der Waals surface area contributed by atoms with Crippen molar-refractivity contribution < 1.29 is 8.91 Å². The van der Waals surface area contributed by atoms with Gasteiger partial charge >= 0.3 is 0 Å². The number of hydrogen-bond donors (Lipinski definition) is 0. The summed E-state index contributed by atoms with van der Waals surface area (Å²) in [5, 5.41) is 7.15. The van der Waals surface area contributed by atoms with E-state index < -0.39 is 6.17 Å². The Labute approximate surface area is 146 Å². The molecule has 0 aliphatic carbocycles. The fraction of sp³-hybridized carbons (Fsp3) is 0.647. The summed E-state index contributed by atoms with van der Waals surface area (Å²) in [6.07, 6.45) is 2.53. The second-order valence-electron chi connectivity index (χ2n) is 6.56. The monoisotopic (exact) mass is 352 g/mol. The van der Waals surface area contributed by atoms with Crippen LogP contribution in [-0.2, 0) is 19.5 Å². The smallest absolute Gasteiger partial charge is 0.138 e. The molecule has 7 heteroatoms. The van der Waals surface area contributed by atoms with Gasteiger partial charge in [-0.2, -0.15) is 0 Å². The summed E-state index contributed by atoms with van der Waals surface area (Å²) >= 11 is 1.63. The van der Waals surface area contributed by atoms with Crippen molar-refractivity contribution in [1.29, 1.82) is 0 Å². The van der Waals surface area contributed by atoms with Crippen molar-refractivity contribution in [3.8, 4) is 0 Å². The van der Waals surface area contributed by atoms with Crippen molar-refractivity contribution in [2.75, 3.05) is 20.1 Å². The summed E-state index contributed by atoms with van der Waals surface area (Å²) in [5.41, 5.74) is 2.19. The second kappa shape index (κ2) is 7.72. The number of likely N-dealkylation sites (N-methyl/N-ethyl adjacent to an activating group) is 1. The van der Waals surface area contributed by atoms with Gasteiger partial charge in [0.2, 0.25) is 0 Å². The minimum Gasteiger partial charge on any atom is -0.361 e. The largest absolute Gasteiger partial charge is 0.361 e. The van der Waals surface area contributed by atoms with Crippen LogP contribution in [0.4, 0.5) is 4.39 Å².